The molecule has 0 saturated heterocycles. The van der Waals surface area contributed by atoms with Crippen molar-refractivity contribution in [2.75, 3.05) is 0 Å². The Balaban J connectivity index is 1.88. The van der Waals surface area contributed by atoms with E-state index >= 15 is 0 Å². The molecule has 0 radical (unpaired) electrons. The molecule has 0 saturated carbocycles. The first-order chi connectivity index (χ1) is 12.8. The van der Waals surface area contributed by atoms with E-state index in [0.29, 0.717) is 27.7 Å². The highest BCUT2D eigenvalue weighted by molar-refractivity contribution is 9.10. The fraction of sp³-hybridized carbons (Fsp3) is 0.105. The maximum Gasteiger partial charge on any atom is 0.265 e. The summed E-state index contributed by atoms with van der Waals surface area (Å²) in [5.74, 6) is -1.07. The molecule has 0 atom stereocenters. The van der Waals surface area contributed by atoms with E-state index in [4.69, 9.17) is 5.26 Å². The summed E-state index contributed by atoms with van der Waals surface area (Å²) in [6.45, 7) is 1.74. The van der Waals surface area contributed by atoms with Gasteiger partial charge in [-0.15, -0.1) is 0 Å². The summed E-state index contributed by atoms with van der Waals surface area (Å²) in [6.07, 6.45) is 0. The number of amides is 1. The number of hydrogen-bond acceptors (Lipinski definition) is 5. The summed E-state index contributed by atoms with van der Waals surface area (Å²) in [4.78, 5) is 17.0. The molecule has 0 bridgehead atoms. The Kier molecular flexibility index (Phi) is 5.26. The minimum absolute atomic E-state index is 0.244. The Morgan fingerprint density at radius 2 is 1.89 bits per heavy atom. The van der Waals surface area contributed by atoms with Crippen LogP contribution in [0.2, 0.25) is 0 Å². The van der Waals surface area contributed by atoms with Crippen LogP contribution < -0.4 is 4.72 Å². The van der Waals surface area contributed by atoms with Gasteiger partial charge in [0.1, 0.15) is 0 Å². The van der Waals surface area contributed by atoms with E-state index in [9.17, 15) is 13.2 Å². The number of benzene rings is 2. The van der Waals surface area contributed by atoms with Gasteiger partial charge in [-0.1, -0.05) is 34.1 Å². The molecule has 1 aromatic heterocycles. The van der Waals surface area contributed by atoms with E-state index in [1.165, 1.54) is 12.1 Å². The lowest BCUT2D eigenvalue weighted by Gasteiger charge is -2.10. The van der Waals surface area contributed by atoms with Gasteiger partial charge in [0.15, 0.2) is 0 Å². The highest BCUT2D eigenvalue weighted by atomic mass is 79.9. The number of carbonyl (C=O) groups is 1. The fourth-order valence-electron chi connectivity index (χ4n) is 2.65. The molecule has 136 valence electrons. The molecule has 0 fully saturated rings. The summed E-state index contributed by atoms with van der Waals surface area (Å²) in [5.41, 5.74) is 2.36. The van der Waals surface area contributed by atoms with Crippen molar-refractivity contribution in [3.05, 3.63) is 75.4 Å². The van der Waals surface area contributed by atoms with Gasteiger partial charge >= 0.3 is 0 Å². The van der Waals surface area contributed by atoms with Crippen molar-refractivity contribution in [2.24, 2.45) is 0 Å². The monoisotopic (exact) mass is 443 g/mol. The van der Waals surface area contributed by atoms with E-state index in [2.05, 4.69) is 25.6 Å². The van der Waals surface area contributed by atoms with Crippen molar-refractivity contribution in [3.63, 3.8) is 0 Å². The largest absolute Gasteiger partial charge is 0.268 e. The number of rotatable bonds is 4. The van der Waals surface area contributed by atoms with Crippen molar-refractivity contribution in [3.8, 4) is 6.07 Å². The number of nitriles is 1. The van der Waals surface area contributed by atoms with Gasteiger partial charge in [-0.05, 0) is 42.8 Å². The zero-order valence-corrected chi connectivity index (χ0v) is 16.6. The molecule has 1 amide bonds. The second-order valence-electron chi connectivity index (χ2n) is 5.97. The highest BCUT2D eigenvalue weighted by Gasteiger charge is 2.19. The minimum atomic E-state index is -3.90. The van der Waals surface area contributed by atoms with Crippen molar-refractivity contribution < 1.29 is 13.2 Å². The highest BCUT2D eigenvalue weighted by Crippen LogP contribution is 2.22. The van der Waals surface area contributed by atoms with Crippen LogP contribution in [0.25, 0.3) is 10.9 Å². The Morgan fingerprint density at radius 3 is 2.56 bits per heavy atom. The predicted molar refractivity (Wildman–Crippen MR) is 105 cm³/mol. The smallest absolute Gasteiger partial charge is 0.265 e. The molecular formula is C19H14BrN3O3S. The number of hydrogen-bond donors (Lipinski definition) is 1. The van der Waals surface area contributed by atoms with Gasteiger partial charge in [0.25, 0.3) is 5.91 Å². The van der Waals surface area contributed by atoms with Crippen LogP contribution in [0.4, 0.5) is 0 Å². The lowest BCUT2D eigenvalue weighted by molar-refractivity contribution is 0.0983. The standard InChI is InChI=1S/C19H14BrN3O3S/c1-12-8-17(16-7-6-15(20)9-18(16)22-12)19(24)23-27(25,26)11-14-4-2-13(10-21)3-5-14/h2-9H,11H2,1H3,(H,23,24). The van der Waals surface area contributed by atoms with Crippen LogP contribution in [0.5, 0.6) is 0 Å². The van der Waals surface area contributed by atoms with Crippen LogP contribution in [0, 0.1) is 18.3 Å². The Labute approximate surface area is 165 Å². The van der Waals surface area contributed by atoms with Gasteiger partial charge in [-0.2, -0.15) is 5.26 Å². The van der Waals surface area contributed by atoms with Crippen molar-refractivity contribution in [2.45, 2.75) is 12.7 Å². The number of aromatic nitrogens is 1. The molecule has 2 aromatic carbocycles. The summed E-state index contributed by atoms with van der Waals surface area (Å²) in [6, 6.07) is 14.9. The second-order valence-corrected chi connectivity index (χ2v) is 8.61. The number of carbonyl (C=O) groups excluding carboxylic acids is 1. The average Bonchev–Trinajstić information content (AvgIpc) is 2.60. The fourth-order valence-corrected chi connectivity index (χ4v) is 4.09. The molecule has 27 heavy (non-hydrogen) atoms. The molecule has 0 aliphatic heterocycles. The second kappa shape index (κ2) is 7.47. The topological polar surface area (TPSA) is 99.9 Å². The number of aryl methyl sites for hydroxylation is 1. The molecule has 3 aromatic rings. The molecule has 8 heteroatoms. The number of halogens is 1. The Morgan fingerprint density at radius 1 is 1.19 bits per heavy atom. The van der Waals surface area contributed by atoms with E-state index < -0.39 is 15.9 Å². The average molecular weight is 444 g/mol. The van der Waals surface area contributed by atoms with Gasteiger partial charge in [0.05, 0.1) is 28.5 Å². The third-order valence-corrected chi connectivity index (χ3v) is 5.54. The molecule has 0 aliphatic carbocycles. The van der Waals surface area contributed by atoms with Crippen molar-refractivity contribution >= 4 is 42.8 Å². The summed E-state index contributed by atoms with van der Waals surface area (Å²) in [7, 11) is -3.90. The van der Waals surface area contributed by atoms with Crippen LogP contribution in [0.3, 0.4) is 0 Å². The summed E-state index contributed by atoms with van der Waals surface area (Å²) >= 11 is 3.36. The first-order valence-corrected chi connectivity index (χ1v) is 10.3. The van der Waals surface area contributed by atoms with Crippen molar-refractivity contribution in [1.82, 2.24) is 9.71 Å². The summed E-state index contributed by atoms with van der Waals surface area (Å²) < 4.78 is 27.7. The number of pyridine rings is 1. The quantitative estimate of drug-likeness (QED) is 0.665. The van der Waals surface area contributed by atoms with E-state index in [0.717, 1.165) is 4.47 Å². The number of fused-ring (bicyclic) bond motifs is 1. The van der Waals surface area contributed by atoms with Crippen LogP contribution in [-0.4, -0.2) is 19.3 Å². The third-order valence-electron chi connectivity index (χ3n) is 3.83. The third kappa shape index (κ3) is 4.51. The van der Waals surface area contributed by atoms with Gasteiger partial charge < -0.3 is 0 Å². The summed E-state index contributed by atoms with van der Waals surface area (Å²) in [5, 5.41) is 9.36. The molecule has 6 nitrogen and oxygen atoms in total. The zero-order chi connectivity index (χ0) is 19.6. The van der Waals surface area contributed by atoms with E-state index in [1.54, 1.807) is 43.3 Å². The van der Waals surface area contributed by atoms with Crippen LogP contribution in [0.1, 0.15) is 27.2 Å². The van der Waals surface area contributed by atoms with Crippen LogP contribution >= 0.6 is 15.9 Å². The molecule has 1 N–H and O–H groups in total. The van der Waals surface area contributed by atoms with Gasteiger partial charge in [-0.3, -0.25) is 9.78 Å². The van der Waals surface area contributed by atoms with Crippen molar-refractivity contribution in [1.29, 1.82) is 5.26 Å². The minimum Gasteiger partial charge on any atom is -0.268 e. The molecular weight excluding hydrogens is 430 g/mol. The lowest BCUT2D eigenvalue weighted by atomic mass is 10.1. The Hall–Kier alpha value is -2.76. The lowest BCUT2D eigenvalue weighted by Crippen LogP contribution is -2.31. The van der Waals surface area contributed by atoms with Crippen LogP contribution in [-0.2, 0) is 15.8 Å². The molecule has 3 rings (SSSR count). The maximum absolute atomic E-state index is 12.6. The first-order valence-electron chi connectivity index (χ1n) is 7.88. The zero-order valence-electron chi connectivity index (χ0n) is 14.2. The first kappa shape index (κ1) is 19.0. The van der Waals surface area contributed by atoms with Crippen LogP contribution in [0.15, 0.2) is 53.0 Å². The van der Waals surface area contributed by atoms with Gasteiger partial charge in [-0.25, -0.2) is 13.1 Å². The predicted octanol–water partition coefficient (Wildman–Crippen LogP) is 3.44. The van der Waals surface area contributed by atoms with E-state index in [1.807, 2.05) is 6.07 Å². The molecule has 0 unspecified atom stereocenters. The number of sulfonamides is 1. The Bertz CT molecular complexity index is 1180. The molecule has 0 spiro atoms. The van der Waals surface area contributed by atoms with Gasteiger partial charge in [0, 0.05) is 15.6 Å². The maximum atomic E-state index is 12.6. The number of nitrogens with zero attached hydrogens (tertiary/aromatic N) is 2. The number of nitrogens with one attached hydrogen (secondary N) is 1. The van der Waals surface area contributed by atoms with E-state index in [-0.39, 0.29) is 11.3 Å². The van der Waals surface area contributed by atoms with Gasteiger partial charge in [0.2, 0.25) is 10.0 Å². The normalized spacial score (nSPS) is 11.1. The molecule has 0 aliphatic rings. The SMILES string of the molecule is Cc1cc(C(=O)NS(=O)(=O)Cc2ccc(C#N)cc2)c2ccc(Br)cc2n1. The molecule has 1 heterocycles.